The Morgan fingerprint density at radius 2 is 2.10 bits per heavy atom. The summed E-state index contributed by atoms with van der Waals surface area (Å²) in [6.07, 6.45) is 3.56. The molecule has 0 saturated heterocycles. The van der Waals surface area contributed by atoms with E-state index in [4.69, 9.17) is 14.2 Å². The van der Waals surface area contributed by atoms with Crippen LogP contribution in [0.1, 0.15) is 30.9 Å². The average Bonchev–Trinajstić information content (AvgIpc) is 3.31. The third-order valence-electron chi connectivity index (χ3n) is 3.45. The van der Waals surface area contributed by atoms with Crippen LogP contribution in [-0.4, -0.2) is 40.0 Å². The molecule has 1 fully saturated rings. The Bertz CT molecular complexity index is 393. The summed E-state index contributed by atoms with van der Waals surface area (Å²) >= 11 is 0. The Labute approximate surface area is 121 Å². The first-order valence-corrected chi connectivity index (χ1v) is 7.31. The van der Waals surface area contributed by atoms with E-state index in [1.54, 1.807) is 14.2 Å². The zero-order valence-corrected chi connectivity index (χ0v) is 12.4. The van der Waals surface area contributed by atoms with Crippen LogP contribution in [0.5, 0.6) is 5.75 Å². The highest BCUT2D eigenvalue weighted by Gasteiger charge is 2.22. The fourth-order valence-electron chi connectivity index (χ4n) is 2.10. The highest BCUT2D eigenvalue weighted by Crippen LogP contribution is 2.24. The van der Waals surface area contributed by atoms with Gasteiger partial charge >= 0.3 is 0 Å². The summed E-state index contributed by atoms with van der Waals surface area (Å²) in [5, 5.41) is 3.54. The van der Waals surface area contributed by atoms with Gasteiger partial charge in [-0.1, -0.05) is 12.1 Å². The second-order valence-electron chi connectivity index (χ2n) is 5.16. The molecule has 1 N–H and O–H groups in total. The maximum Gasteiger partial charge on any atom is 0.119 e. The summed E-state index contributed by atoms with van der Waals surface area (Å²) in [6.45, 7) is 2.30. The molecule has 2 rings (SSSR count). The lowest BCUT2D eigenvalue weighted by Gasteiger charge is -2.19. The van der Waals surface area contributed by atoms with Crippen molar-refractivity contribution in [2.75, 3.05) is 34.0 Å². The summed E-state index contributed by atoms with van der Waals surface area (Å²) in [4.78, 5) is 0. The Kier molecular flexibility index (Phi) is 6.30. The van der Waals surface area contributed by atoms with Crippen molar-refractivity contribution in [3.8, 4) is 5.75 Å². The van der Waals surface area contributed by atoms with Crippen LogP contribution in [0, 0.1) is 0 Å². The molecule has 1 aromatic rings. The minimum atomic E-state index is 0.0718. The predicted octanol–water partition coefficient (Wildman–Crippen LogP) is 2.54. The van der Waals surface area contributed by atoms with E-state index in [9.17, 15) is 0 Å². The van der Waals surface area contributed by atoms with Crippen molar-refractivity contribution in [1.29, 1.82) is 0 Å². The minimum Gasteiger partial charge on any atom is -0.497 e. The van der Waals surface area contributed by atoms with E-state index in [0.29, 0.717) is 12.6 Å². The van der Waals surface area contributed by atoms with Gasteiger partial charge in [0, 0.05) is 32.9 Å². The Balaban J connectivity index is 1.91. The van der Waals surface area contributed by atoms with Gasteiger partial charge in [0.1, 0.15) is 5.75 Å². The van der Waals surface area contributed by atoms with Gasteiger partial charge in [0.15, 0.2) is 0 Å². The Morgan fingerprint density at radius 3 is 2.80 bits per heavy atom. The lowest BCUT2D eigenvalue weighted by atomic mass is 10.1. The summed E-state index contributed by atoms with van der Waals surface area (Å²) in [5.41, 5.74) is 1.16. The number of benzene rings is 1. The van der Waals surface area contributed by atoms with Gasteiger partial charge in [0.25, 0.3) is 0 Å². The summed E-state index contributed by atoms with van der Waals surface area (Å²) in [6, 6.07) is 8.80. The minimum absolute atomic E-state index is 0.0718. The lowest BCUT2D eigenvalue weighted by Crippen LogP contribution is -2.25. The third kappa shape index (κ3) is 5.12. The molecule has 20 heavy (non-hydrogen) atoms. The monoisotopic (exact) mass is 279 g/mol. The van der Waals surface area contributed by atoms with Gasteiger partial charge in [0.05, 0.1) is 13.2 Å². The van der Waals surface area contributed by atoms with E-state index < -0.39 is 0 Å². The SMILES string of the molecule is COCCCOC(CNC1CC1)c1cccc(OC)c1. The fraction of sp³-hybridized carbons (Fsp3) is 0.625. The van der Waals surface area contributed by atoms with Crippen molar-refractivity contribution in [3.05, 3.63) is 29.8 Å². The highest BCUT2D eigenvalue weighted by molar-refractivity contribution is 5.30. The van der Waals surface area contributed by atoms with Crippen molar-refractivity contribution in [1.82, 2.24) is 5.32 Å². The molecule has 0 radical (unpaired) electrons. The average molecular weight is 279 g/mol. The molecule has 1 aromatic carbocycles. The van der Waals surface area contributed by atoms with Crippen molar-refractivity contribution in [2.24, 2.45) is 0 Å². The van der Waals surface area contributed by atoms with Gasteiger partial charge in [-0.2, -0.15) is 0 Å². The van der Waals surface area contributed by atoms with E-state index in [0.717, 1.165) is 30.9 Å². The molecular weight excluding hydrogens is 254 g/mol. The molecule has 1 aliphatic carbocycles. The molecule has 112 valence electrons. The summed E-state index contributed by atoms with van der Waals surface area (Å²) in [5.74, 6) is 0.874. The Hall–Kier alpha value is -1.10. The molecule has 4 nitrogen and oxygen atoms in total. The van der Waals surface area contributed by atoms with Crippen LogP contribution < -0.4 is 10.1 Å². The zero-order chi connectivity index (χ0) is 14.2. The molecule has 0 aromatic heterocycles. The maximum atomic E-state index is 6.01. The first kappa shape index (κ1) is 15.3. The maximum absolute atomic E-state index is 6.01. The molecule has 1 unspecified atom stereocenters. The van der Waals surface area contributed by atoms with Gasteiger partial charge in [-0.05, 0) is 37.0 Å². The number of rotatable bonds is 10. The van der Waals surface area contributed by atoms with Crippen LogP contribution in [0.15, 0.2) is 24.3 Å². The first-order chi connectivity index (χ1) is 9.83. The molecule has 1 aliphatic rings. The van der Waals surface area contributed by atoms with Crippen LogP contribution in [0.4, 0.5) is 0 Å². The number of methoxy groups -OCH3 is 2. The molecule has 4 heteroatoms. The molecule has 0 amide bonds. The van der Waals surface area contributed by atoms with Crippen molar-refractivity contribution >= 4 is 0 Å². The highest BCUT2D eigenvalue weighted by atomic mass is 16.5. The molecular formula is C16H25NO3. The van der Waals surface area contributed by atoms with E-state index in [-0.39, 0.29) is 6.10 Å². The van der Waals surface area contributed by atoms with Gasteiger partial charge in [-0.15, -0.1) is 0 Å². The zero-order valence-electron chi connectivity index (χ0n) is 12.4. The second kappa shape index (κ2) is 8.25. The van der Waals surface area contributed by atoms with E-state index in [1.165, 1.54) is 12.8 Å². The van der Waals surface area contributed by atoms with Gasteiger partial charge in [0.2, 0.25) is 0 Å². The normalized spacial score (nSPS) is 16.1. The quantitative estimate of drug-likeness (QED) is 0.668. The number of ether oxygens (including phenoxy) is 3. The molecule has 0 aliphatic heterocycles. The molecule has 0 bridgehead atoms. The molecule has 0 heterocycles. The van der Waals surface area contributed by atoms with Crippen LogP contribution in [-0.2, 0) is 9.47 Å². The third-order valence-corrected chi connectivity index (χ3v) is 3.45. The number of hydrogen-bond donors (Lipinski definition) is 1. The number of hydrogen-bond acceptors (Lipinski definition) is 4. The van der Waals surface area contributed by atoms with Crippen molar-refractivity contribution in [3.63, 3.8) is 0 Å². The topological polar surface area (TPSA) is 39.7 Å². The van der Waals surface area contributed by atoms with Gasteiger partial charge < -0.3 is 19.5 Å². The predicted molar refractivity (Wildman–Crippen MR) is 79.2 cm³/mol. The second-order valence-corrected chi connectivity index (χ2v) is 5.16. The Morgan fingerprint density at radius 1 is 1.25 bits per heavy atom. The van der Waals surface area contributed by atoms with E-state index in [1.807, 2.05) is 12.1 Å². The molecule has 1 atom stereocenters. The first-order valence-electron chi connectivity index (χ1n) is 7.31. The van der Waals surface area contributed by atoms with Crippen LogP contribution in [0.25, 0.3) is 0 Å². The fourth-order valence-corrected chi connectivity index (χ4v) is 2.10. The number of nitrogens with one attached hydrogen (secondary N) is 1. The molecule has 1 saturated carbocycles. The van der Waals surface area contributed by atoms with Gasteiger partial charge in [-0.3, -0.25) is 0 Å². The van der Waals surface area contributed by atoms with Crippen molar-refractivity contribution < 1.29 is 14.2 Å². The van der Waals surface area contributed by atoms with Crippen LogP contribution in [0.2, 0.25) is 0 Å². The van der Waals surface area contributed by atoms with E-state index >= 15 is 0 Å². The smallest absolute Gasteiger partial charge is 0.119 e. The standard InChI is InChI=1S/C16H25NO3/c1-18-9-4-10-20-16(12-17-14-7-8-14)13-5-3-6-15(11-13)19-2/h3,5-6,11,14,16-17H,4,7-10,12H2,1-2H3. The summed E-state index contributed by atoms with van der Waals surface area (Å²) < 4.78 is 16.4. The van der Waals surface area contributed by atoms with Crippen molar-refractivity contribution in [2.45, 2.75) is 31.4 Å². The lowest BCUT2D eigenvalue weighted by molar-refractivity contribution is 0.0385. The largest absolute Gasteiger partial charge is 0.497 e. The van der Waals surface area contributed by atoms with Crippen LogP contribution in [0.3, 0.4) is 0 Å². The van der Waals surface area contributed by atoms with Gasteiger partial charge in [-0.25, -0.2) is 0 Å². The van der Waals surface area contributed by atoms with Crippen LogP contribution >= 0.6 is 0 Å². The summed E-state index contributed by atoms with van der Waals surface area (Å²) in [7, 11) is 3.41. The van der Waals surface area contributed by atoms with E-state index in [2.05, 4.69) is 17.4 Å². The molecule has 0 spiro atoms.